The zero-order valence-corrected chi connectivity index (χ0v) is 18.3. The van der Waals surface area contributed by atoms with E-state index in [9.17, 15) is 0 Å². The first-order chi connectivity index (χ1) is 15.1. The summed E-state index contributed by atoms with van der Waals surface area (Å²) in [5.41, 5.74) is 4.14. The van der Waals surface area contributed by atoms with Crippen LogP contribution >= 0.6 is 0 Å². The largest absolute Gasteiger partial charge is 0.264 e. The molecule has 0 bridgehead atoms. The Balaban J connectivity index is 1.55. The van der Waals surface area contributed by atoms with Gasteiger partial charge in [0.2, 0.25) is 5.82 Å². The van der Waals surface area contributed by atoms with E-state index < -0.39 is 0 Å². The van der Waals surface area contributed by atoms with E-state index in [1.165, 1.54) is 5.56 Å². The van der Waals surface area contributed by atoms with Crippen molar-refractivity contribution in [1.29, 1.82) is 0 Å². The summed E-state index contributed by atoms with van der Waals surface area (Å²) < 4.78 is 2.06. The zero-order valence-electron chi connectivity index (χ0n) is 18.3. The van der Waals surface area contributed by atoms with E-state index >= 15 is 0 Å². The van der Waals surface area contributed by atoms with Crippen molar-refractivity contribution in [3.8, 4) is 22.5 Å². The Morgan fingerprint density at radius 1 is 1.03 bits per heavy atom. The summed E-state index contributed by atoms with van der Waals surface area (Å²) in [7, 11) is 0. The van der Waals surface area contributed by atoms with Crippen LogP contribution in [0.3, 0.4) is 0 Å². The quantitative estimate of drug-likeness (QED) is 0.441. The minimum Gasteiger partial charge on any atom is -0.264 e. The minimum absolute atomic E-state index is 0.535. The fourth-order valence-corrected chi connectivity index (χ4v) is 3.55. The van der Waals surface area contributed by atoms with E-state index in [0.717, 1.165) is 60.6 Å². The zero-order chi connectivity index (χ0) is 21.6. The maximum atomic E-state index is 4.80. The third-order valence-corrected chi connectivity index (χ3v) is 5.22. The van der Waals surface area contributed by atoms with Crippen LogP contribution < -0.4 is 0 Å². The average molecular weight is 417 g/mol. The molecule has 0 spiro atoms. The molecule has 0 saturated carbocycles. The third-order valence-electron chi connectivity index (χ3n) is 5.22. The van der Waals surface area contributed by atoms with Crippen molar-refractivity contribution in [2.45, 2.75) is 53.0 Å². The number of benzene rings is 1. The summed E-state index contributed by atoms with van der Waals surface area (Å²) in [5.74, 6) is 3.21. The molecule has 4 rings (SSSR count). The molecule has 31 heavy (non-hydrogen) atoms. The van der Waals surface area contributed by atoms with Crippen LogP contribution in [0.1, 0.15) is 50.8 Å². The molecule has 8 heteroatoms. The Hall–Kier alpha value is -3.42. The smallest absolute Gasteiger partial charge is 0.206 e. The second-order valence-electron chi connectivity index (χ2n) is 8.14. The third kappa shape index (κ3) is 5.02. The normalized spacial score (nSPS) is 11.4. The summed E-state index contributed by atoms with van der Waals surface area (Å²) in [5, 5.41) is 19.2. The van der Waals surface area contributed by atoms with E-state index in [4.69, 9.17) is 10.1 Å². The number of nitrogens with one attached hydrogen (secondary N) is 1. The van der Waals surface area contributed by atoms with E-state index in [-0.39, 0.29) is 0 Å². The fourth-order valence-electron chi connectivity index (χ4n) is 3.55. The minimum atomic E-state index is 0.535. The van der Waals surface area contributed by atoms with Crippen molar-refractivity contribution in [3.05, 3.63) is 59.9 Å². The molecule has 0 aliphatic heterocycles. The summed E-state index contributed by atoms with van der Waals surface area (Å²) >= 11 is 0. The van der Waals surface area contributed by atoms with Crippen molar-refractivity contribution in [2.75, 3.05) is 0 Å². The highest BCUT2D eigenvalue weighted by Crippen LogP contribution is 2.29. The molecule has 0 unspecified atom stereocenters. The van der Waals surface area contributed by atoms with Gasteiger partial charge in [-0.3, -0.25) is 4.98 Å². The van der Waals surface area contributed by atoms with Crippen LogP contribution in [0.4, 0.5) is 0 Å². The Morgan fingerprint density at radius 3 is 2.58 bits per heavy atom. The number of aromatic nitrogens is 8. The first kappa shape index (κ1) is 20.8. The highest BCUT2D eigenvalue weighted by Gasteiger charge is 2.13. The average Bonchev–Trinajstić information content (AvgIpc) is 3.44. The molecule has 4 aromatic rings. The van der Waals surface area contributed by atoms with Gasteiger partial charge in [0.1, 0.15) is 5.82 Å². The molecular formula is C23H28N8. The van der Waals surface area contributed by atoms with Crippen molar-refractivity contribution in [1.82, 2.24) is 40.4 Å². The number of hydrogen-bond donors (Lipinski definition) is 1. The first-order valence-electron chi connectivity index (χ1n) is 10.8. The van der Waals surface area contributed by atoms with Gasteiger partial charge in [0.25, 0.3) is 0 Å². The predicted molar refractivity (Wildman–Crippen MR) is 119 cm³/mol. The number of hydrogen-bond acceptors (Lipinski definition) is 6. The lowest BCUT2D eigenvalue weighted by Crippen LogP contribution is -2.07. The maximum Gasteiger partial charge on any atom is 0.206 e. The molecule has 0 atom stereocenters. The number of aromatic amines is 1. The highest BCUT2D eigenvalue weighted by molar-refractivity contribution is 5.79. The summed E-state index contributed by atoms with van der Waals surface area (Å²) in [4.78, 5) is 9.01. The van der Waals surface area contributed by atoms with Crippen LogP contribution in [0.15, 0.2) is 42.7 Å². The standard InChI is InChI=1S/C23H28N8/c1-4-5-22-25-21(11-6-16(2)3)28-31(22)15-17-7-9-18(10-8-17)19-12-13-24-14-20(19)23-26-29-30-27-23/h7-10,12-14,16H,4-6,11,15H2,1-3H3,(H,26,27,29,30). The molecule has 0 radical (unpaired) electrons. The molecule has 8 nitrogen and oxygen atoms in total. The van der Waals surface area contributed by atoms with Gasteiger partial charge in [-0.2, -0.15) is 10.3 Å². The molecule has 3 heterocycles. The number of rotatable bonds is 9. The van der Waals surface area contributed by atoms with Gasteiger partial charge < -0.3 is 0 Å². The second kappa shape index (κ2) is 9.59. The van der Waals surface area contributed by atoms with Crippen LogP contribution in [0.25, 0.3) is 22.5 Å². The Labute approximate surface area is 182 Å². The topological polar surface area (TPSA) is 98.1 Å². The molecule has 3 aromatic heterocycles. The predicted octanol–water partition coefficient (Wildman–Crippen LogP) is 4.11. The van der Waals surface area contributed by atoms with E-state index in [1.807, 2.05) is 6.07 Å². The Bertz CT molecular complexity index is 1100. The van der Waals surface area contributed by atoms with Crippen LogP contribution in [0, 0.1) is 5.92 Å². The lowest BCUT2D eigenvalue weighted by Gasteiger charge is -2.09. The molecule has 160 valence electrons. The number of nitrogens with zero attached hydrogens (tertiary/aromatic N) is 7. The molecule has 1 N–H and O–H groups in total. The molecule has 0 amide bonds. The van der Waals surface area contributed by atoms with Crippen LogP contribution in [-0.2, 0) is 19.4 Å². The molecular weight excluding hydrogens is 388 g/mol. The van der Waals surface area contributed by atoms with Crippen molar-refractivity contribution in [3.63, 3.8) is 0 Å². The Morgan fingerprint density at radius 2 is 1.87 bits per heavy atom. The van der Waals surface area contributed by atoms with Crippen molar-refractivity contribution < 1.29 is 0 Å². The van der Waals surface area contributed by atoms with Gasteiger partial charge in [-0.15, -0.1) is 10.2 Å². The maximum absolute atomic E-state index is 4.80. The second-order valence-corrected chi connectivity index (χ2v) is 8.14. The number of tetrazole rings is 1. The van der Waals surface area contributed by atoms with Gasteiger partial charge in [-0.25, -0.2) is 9.67 Å². The summed E-state index contributed by atoms with van der Waals surface area (Å²) in [6.45, 7) is 7.37. The van der Waals surface area contributed by atoms with Crippen LogP contribution in [0.2, 0.25) is 0 Å². The SMILES string of the molecule is CCCc1nc(CCC(C)C)nn1Cc1ccc(-c2ccncc2-c2nn[nH]n2)cc1. The van der Waals surface area contributed by atoms with E-state index in [0.29, 0.717) is 11.7 Å². The number of aryl methyl sites for hydroxylation is 2. The van der Waals surface area contributed by atoms with E-state index in [2.05, 4.69) is 75.3 Å². The van der Waals surface area contributed by atoms with Crippen molar-refractivity contribution in [2.24, 2.45) is 5.92 Å². The summed E-state index contributed by atoms with van der Waals surface area (Å²) in [6.07, 6.45) is 7.58. The van der Waals surface area contributed by atoms with Gasteiger partial charge in [-0.1, -0.05) is 45.0 Å². The first-order valence-corrected chi connectivity index (χ1v) is 10.8. The van der Waals surface area contributed by atoms with Crippen LogP contribution in [0.5, 0.6) is 0 Å². The monoisotopic (exact) mass is 416 g/mol. The molecule has 0 saturated heterocycles. The van der Waals surface area contributed by atoms with Gasteiger partial charge in [0.05, 0.1) is 6.54 Å². The van der Waals surface area contributed by atoms with Crippen molar-refractivity contribution >= 4 is 0 Å². The lowest BCUT2D eigenvalue weighted by atomic mass is 10.00. The lowest BCUT2D eigenvalue weighted by molar-refractivity contribution is 0.567. The summed E-state index contributed by atoms with van der Waals surface area (Å²) in [6, 6.07) is 10.5. The van der Waals surface area contributed by atoms with Crippen LogP contribution in [-0.4, -0.2) is 40.4 Å². The number of H-pyrrole nitrogens is 1. The Kier molecular flexibility index (Phi) is 6.45. The molecule has 0 aliphatic rings. The van der Waals surface area contributed by atoms with Gasteiger partial charge in [-0.05, 0) is 46.7 Å². The van der Waals surface area contributed by atoms with Gasteiger partial charge in [0, 0.05) is 30.8 Å². The van der Waals surface area contributed by atoms with E-state index in [1.54, 1.807) is 12.4 Å². The molecule has 1 aromatic carbocycles. The number of pyridine rings is 1. The van der Waals surface area contributed by atoms with Gasteiger partial charge >= 0.3 is 0 Å². The molecule has 0 fully saturated rings. The molecule has 0 aliphatic carbocycles. The fraction of sp³-hybridized carbons (Fsp3) is 0.391. The van der Waals surface area contributed by atoms with Gasteiger partial charge in [0.15, 0.2) is 5.82 Å². The highest BCUT2D eigenvalue weighted by atomic mass is 15.5.